The molecular formula is C16H22BrN. The fourth-order valence-corrected chi connectivity index (χ4v) is 4.18. The highest BCUT2D eigenvalue weighted by molar-refractivity contribution is 9.10. The van der Waals surface area contributed by atoms with Crippen LogP contribution in [-0.2, 0) is 0 Å². The molecule has 2 fully saturated rings. The van der Waals surface area contributed by atoms with E-state index in [1.165, 1.54) is 67.1 Å². The molecule has 0 amide bonds. The molecule has 1 aliphatic heterocycles. The van der Waals surface area contributed by atoms with E-state index in [0.29, 0.717) is 6.04 Å². The van der Waals surface area contributed by atoms with E-state index in [9.17, 15) is 0 Å². The number of piperidine rings is 1. The van der Waals surface area contributed by atoms with E-state index in [-0.39, 0.29) is 0 Å². The van der Waals surface area contributed by atoms with Crippen LogP contribution in [0, 0.1) is 0 Å². The lowest BCUT2D eigenvalue weighted by Crippen LogP contribution is -2.26. The molecule has 0 spiro atoms. The Balaban J connectivity index is 1.79. The minimum absolute atomic E-state index is 0.577. The normalized spacial score (nSPS) is 25.5. The topological polar surface area (TPSA) is 12.0 Å². The smallest absolute Gasteiger partial charge is 0.0320 e. The Morgan fingerprint density at radius 2 is 1.78 bits per heavy atom. The summed E-state index contributed by atoms with van der Waals surface area (Å²) in [5, 5.41) is 3.63. The summed E-state index contributed by atoms with van der Waals surface area (Å²) in [5.74, 6) is 0.799. The minimum Gasteiger partial charge on any atom is -0.310 e. The first kappa shape index (κ1) is 12.7. The molecule has 1 saturated heterocycles. The van der Waals surface area contributed by atoms with Gasteiger partial charge in [-0.15, -0.1) is 0 Å². The average Bonchev–Trinajstić information content (AvgIpc) is 2.93. The molecule has 3 rings (SSSR count). The van der Waals surface area contributed by atoms with Gasteiger partial charge in [0, 0.05) is 10.5 Å². The van der Waals surface area contributed by atoms with Gasteiger partial charge < -0.3 is 5.32 Å². The lowest BCUT2D eigenvalue weighted by molar-refractivity contribution is 0.412. The maximum atomic E-state index is 3.80. The molecule has 1 nitrogen and oxygen atoms in total. The van der Waals surface area contributed by atoms with Crippen LogP contribution in [-0.4, -0.2) is 6.54 Å². The summed E-state index contributed by atoms with van der Waals surface area (Å²) in [5.41, 5.74) is 3.00. The second-order valence-electron chi connectivity index (χ2n) is 5.76. The number of benzene rings is 1. The molecular weight excluding hydrogens is 286 g/mol. The zero-order valence-electron chi connectivity index (χ0n) is 10.9. The summed E-state index contributed by atoms with van der Waals surface area (Å²) < 4.78 is 1.33. The van der Waals surface area contributed by atoms with E-state index >= 15 is 0 Å². The Hall–Kier alpha value is -0.340. The molecule has 2 heteroatoms. The number of hydrogen-bond acceptors (Lipinski definition) is 1. The third-order valence-corrected chi connectivity index (χ3v) is 5.22. The van der Waals surface area contributed by atoms with E-state index in [1.54, 1.807) is 0 Å². The van der Waals surface area contributed by atoms with E-state index in [1.807, 2.05) is 0 Å². The van der Waals surface area contributed by atoms with Gasteiger partial charge in [0.05, 0.1) is 0 Å². The SMILES string of the molecule is Brc1cc(C2CCCCN2)ccc1C1CCCC1. The molecule has 1 heterocycles. The highest BCUT2D eigenvalue weighted by Crippen LogP contribution is 2.38. The van der Waals surface area contributed by atoms with E-state index < -0.39 is 0 Å². The molecule has 98 valence electrons. The molecule has 1 N–H and O–H groups in total. The highest BCUT2D eigenvalue weighted by atomic mass is 79.9. The summed E-state index contributed by atoms with van der Waals surface area (Å²) in [6, 6.07) is 7.65. The Bertz CT molecular complexity index is 404. The summed E-state index contributed by atoms with van der Waals surface area (Å²) >= 11 is 3.80. The Morgan fingerprint density at radius 3 is 2.44 bits per heavy atom. The lowest BCUT2D eigenvalue weighted by Gasteiger charge is -2.25. The van der Waals surface area contributed by atoms with Crippen molar-refractivity contribution in [2.45, 2.75) is 56.9 Å². The second-order valence-corrected chi connectivity index (χ2v) is 6.62. The predicted octanol–water partition coefficient (Wildman–Crippen LogP) is 4.92. The van der Waals surface area contributed by atoms with Crippen LogP contribution in [0.15, 0.2) is 22.7 Å². The van der Waals surface area contributed by atoms with Crippen molar-refractivity contribution in [2.75, 3.05) is 6.54 Å². The van der Waals surface area contributed by atoms with Crippen LogP contribution in [0.4, 0.5) is 0 Å². The summed E-state index contributed by atoms with van der Waals surface area (Å²) in [6.07, 6.45) is 9.54. The van der Waals surface area contributed by atoms with Gasteiger partial charge >= 0.3 is 0 Å². The van der Waals surface area contributed by atoms with Gasteiger partial charge in [0.2, 0.25) is 0 Å². The Kier molecular flexibility index (Phi) is 4.05. The van der Waals surface area contributed by atoms with Gasteiger partial charge in [0.15, 0.2) is 0 Å². The van der Waals surface area contributed by atoms with Crippen LogP contribution < -0.4 is 5.32 Å². The molecule has 1 unspecified atom stereocenters. The van der Waals surface area contributed by atoms with E-state index in [4.69, 9.17) is 0 Å². The van der Waals surface area contributed by atoms with E-state index in [2.05, 4.69) is 39.4 Å². The van der Waals surface area contributed by atoms with Crippen molar-refractivity contribution >= 4 is 15.9 Å². The van der Waals surface area contributed by atoms with Gasteiger partial charge in [0.25, 0.3) is 0 Å². The number of nitrogens with one attached hydrogen (secondary N) is 1. The van der Waals surface area contributed by atoms with Gasteiger partial charge in [0.1, 0.15) is 0 Å². The van der Waals surface area contributed by atoms with E-state index in [0.717, 1.165) is 5.92 Å². The van der Waals surface area contributed by atoms with Crippen molar-refractivity contribution in [1.82, 2.24) is 5.32 Å². The zero-order chi connectivity index (χ0) is 12.4. The molecule has 0 radical (unpaired) electrons. The van der Waals surface area contributed by atoms with Gasteiger partial charge in [-0.1, -0.05) is 47.3 Å². The average molecular weight is 308 g/mol. The van der Waals surface area contributed by atoms with Crippen molar-refractivity contribution in [3.05, 3.63) is 33.8 Å². The zero-order valence-corrected chi connectivity index (χ0v) is 12.5. The standard InChI is InChI=1S/C16H22BrN/c17-15-11-13(16-7-3-4-10-18-16)8-9-14(15)12-5-1-2-6-12/h8-9,11-12,16,18H,1-7,10H2. The third kappa shape index (κ3) is 2.65. The molecule has 18 heavy (non-hydrogen) atoms. The van der Waals surface area contributed by atoms with Gasteiger partial charge in [-0.25, -0.2) is 0 Å². The van der Waals surface area contributed by atoms with Gasteiger partial charge in [-0.2, -0.15) is 0 Å². The van der Waals surface area contributed by atoms with Crippen molar-refractivity contribution in [1.29, 1.82) is 0 Å². The Morgan fingerprint density at radius 1 is 1.00 bits per heavy atom. The summed E-state index contributed by atoms with van der Waals surface area (Å²) in [7, 11) is 0. The monoisotopic (exact) mass is 307 g/mol. The first-order valence-electron chi connectivity index (χ1n) is 7.37. The Labute approximate surface area is 118 Å². The van der Waals surface area contributed by atoms with Crippen LogP contribution in [0.3, 0.4) is 0 Å². The fraction of sp³-hybridized carbons (Fsp3) is 0.625. The molecule has 1 atom stereocenters. The van der Waals surface area contributed by atoms with Crippen LogP contribution in [0.5, 0.6) is 0 Å². The quantitative estimate of drug-likeness (QED) is 0.817. The highest BCUT2D eigenvalue weighted by Gasteiger charge is 2.21. The molecule has 1 saturated carbocycles. The van der Waals surface area contributed by atoms with Crippen LogP contribution in [0.2, 0.25) is 0 Å². The van der Waals surface area contributed by atoms with Crippen molar-refractivity contribution in [3.8, 4) is 0 Å². The first-order chi connectivity index (χ1) is 8.84. The molecule has 0 aromatic heterocycles. The van der Waals surface area contributed by atoms with Crippen LogP contribution >= 0.6 is 15.9 Å². The van der Waals surface area contributed by atoms with Gasteiger partial charge in [-0.05, 0) is 55.3 Å². The maximum absolute atomic E-state index is 3.80. The fourth-order valence-electron chi connectivity index (χ4n) is 3.46. The second kappa shape index (κ2) is 5.75. The number of halogens is 1. The number of hydrogen-bond donors (Lipinski definition) is 1. The van der Waals surface area contributed by atoms with Crippen molar-refractivity contribution in [3.63, 3.8) is 0 Å². The molecule has 1 aromatic carbocycles. The van der Waals surface area contributed by atoms with Crippen LogP contribution in [0.1, 0.15) is 68.0 Å². The number of rotatable bonds is 2. The van der Waals surface area contributed by atoms with Crippen LogP contribution in [0.25, 0.3) is 0 Å². The van der Waals surface area contributed by atoms with Gasteiger partial charge in [-0.3, -0.25) is 0 Å². The summed E-state index contributed by atoms with van der Waals surface area (Å²) in [4.78, 5) is 0. The maximum Gasteiger partial charge on any atom is 0.0320 e. The summed E-state index contributed by atoms with van der Waals surface area (Å²) in [6.45, 7) is 1.17. The minimum atomic E-state index is 0.577. The lowest BCUT2D eigenvalue weighted by atomic mass is 9.93. The molecule has 2 aliphatic rings. The molecule has 1 aliphatic carbocycles. The largest absolute Gasteiger partial charge is 0.310 e. The molecule has 0 bridgehead atoms. The van der Waals surface area contributed by atoms with Crippen molar-refractivity contribution < 1.29 is 0 Å². The van der Waals surface area contributed by atoms with Crippen molar-refractivity contribution in [2.24, 2.45) is 0 Å². The predicted molar refractivity (Wildman–Crippen MR) is 79.9 cm³/mol. The third-order valence-electron chi connectivity index (χ3n) is 4.53. The first-order valence-corrected chi connectivity index (χ1v) is 8.16. The molecule has 1 aromatic rings.